The van der Waals surface area contributed by atoms with Gasteiger partial charge in [0.2, 0.25) is 0 Å². The monoisotopic (exact) mass is 380 g/mol. The Labute approximate surface area is 162 Å². The smallest absolute Gasteiger partial charge is 0.260 e. The number of carbonyl (C=O) groups excluding carboxylic acids is 1. The molecule has 1 aliphatic heterocycles. The summed E-state index contributed by atoms with van der Waals surface area (Å²) < 4.78 is 11.3. The van der Waals surface area contributed by atoms with E-state index in [9.17, 15) is 4.79 Å². The van der Waals surface area contributed by atoms with Crippen LogP contribution >= 0.6 is 11.3 Å². The number of fused-ring (bicyclic) bond motifs is 1. The standard InChI is InChI=1S/C21H20N2O3S/c1-14-5-7-18(15(2)22-14)21(24)23(13-17-4-3-11-27-17)16-6-8-19-20(12-16)26-10-9-25-19/h3-8,11-12H,9-10,13H2,1-2H3. The van der Waals surface area contributed by atoms with Gasteiger partial charge in [0.05, 0.1) is 17.8 Å². The van der Waals surface area contributed by atoms with E-state index in [0.29, 0.717) is 36.8 Å². The Morgan fingerprint density at radius 3 is 2.67 bits per heavy atom. The van der Waals surface area contributed by atoms with E-state index in [1.807, 2.05) is 61.7 Å². The minimum Gasteiger partial charge on any atom is -0.486 e. The van der Waals surface area contributed by atoms with Gasteiger partial charge in [-0.15, -0.1) is 11.3 Å². The lowest BCUT2D eigenvalue weighted by atomic mass is 10.1. The highest BCUT2D eigenvalue weighted by Gasteiger charge is 2.23. The number of pyridine rings is 1. The van der Waals surface area contributed by atoms with E-state index in [0.717, 1.165) is 22.0 Å². The number of benzene rings is 1. The van der Waals surface area contributed by atoms with E-state index in [2.05, 4.69) is 4.98 Å². The molecule has 0 aliphatic carbocycles. The number of hydrogen-bond donors (Lipinski definition) is 0. The van der Waals surface area contributed by atoms with Crippen LogP contribution < -0.4 is 14.4 Å². The maximum atomic E-state index is 13.4. The third kappa shape index (κ3) is 3.66. The Morgan fingerprint density at radius 1 is 1.11 bits per heavy atom. The second-order valence-electron chi connectivity index (χ2n) is 6.38. The minimum absolute atomic E-state index is 0.0786. The second-order valence-corrected chi connectivity index (χ2v) is 7.42. The van der Waals surface area contributed by atoms with E-state index in [1.54, 1.807) is 16.2 Å². The Hall–Kier alpha value is -2.86. The predicted octanol–water partition coefficient (Wildman–Crippen LogP) is 4.38. The van der Waals surface area contributed by atoms with Crippen LogP contribution in [0.3, 0.4) is 0 Å². The van der Waals surface area contributed by atoms with Crippen LogP contribution in [0.1, 0.15) is 26.6 Å². The first kappa shape index (κ1) is 17.5. The fourth-order valence-electron chi connectivity index (χ4n) is 3.10. The zero-order chi connectivity index (χ0) is 18.8. The van der Waals surface area contributed by atoms with Crippen LogP contribution in [0.5, 0.6) is 11.5 Å². The van der Waals surface area contributed by atoms with Gasteiger partial charge in [-0.1, -0.05) is 6.07 Å². The number of amides is 1. The zero-order valence-electron chi connectivity index (χ0n) is 15.3. The molecule has 1 amide bonds. The van der Waals surface area contributed by atoms with Gasteiger partial charge in [-0.2, -0.15) is 0 Å². The number of carbonyl (C=O) groups is 1. The van der Waals surface area contributed by atoms with Gasteiger partial charge in [0.1, 0.15) is 13.2 Å². The van der Waals surface area contributed by atoms with Crippen molar-refractivity contribution >= 4 is 22.9 Å². The lowest BCUT2D eigenvalue weighted by molar-refractivity contribution is 0.0984. The van der Waals surface area contributed by atoms with Gasteiger partial charge < -0.3 is 14.4 Å². The highest BCUT2D eigenvalue weighted by Crippen LogP contribution is 2.35. The molecule has 0 atom stereocenters. The van der Waals surface area contributed by atoms with Gasteiger partial charge in [0.25, 0.3) is 5.91 Å². The van der Waals surface area contributed by atoms with Crippen molar-refractivity contribution < 1.29 is 14.3 Å². The molecule has 0 N–H and O–H groups in total. The third-order valence-corrected chi connectivity index (χ3v) is 5.29. The van der Waals surface area contributed by atoms with Crippen LogP contribution in [-0.4, -0.2) is 24.1 Å². The summed E-state index contributed by atoms with van der Waals surface area (Å²) in [5.74, 6) is 1.30. The summed E-state index contributed by atoms with van der Waals surface area (Å²) in [5, 5.41) is 2.01. The molecule has 3 heterocycles. The van der Waals surface area contributed by atoms with Crippen molar-refractivity contribution in [1.29, 1.82) is 0 Å². The molecule has 0 fully saturated rings. The fourth-order valence-corrected chi connectivity index (χ4v) is 3.79. The third-order valence-electron chi connectivity index (χ3n) is 4.43. The molecule has 0 saturated carbocycles. The van der Waals surface area contributed by atoms with Crippen LogP contribution in [0.25, 0.3) is 0 Å². The molecule has 2 aromatic heterocycles. The van der Waals surface area contributed by atoms with Crippen molar-refractivity contribution in [2.45, 2.75) is 20.4 Å². The topological polar surface area (TPSA) is 51.7 Å². The zero-order valence-corrected chi connectivity index (χ0v) is 16.1. The molecule has 0 radical (unpaired) electrons. The molecule has 0 bridgehead atoms. The molecule has 4 rings (SSSR count). The number of hydrogen-bond acceptors (Lipinski definition) is 5. The SMILES string of the molecule is Cc1ccc(C(=O)N(Cc2cccs2)c2ccc3c(c2)OCCO3)c(C)n1. The van der Waals surface area contributed by atoms with Crippen molar-refractivity contribution in [2.75, 3.05) is 18.1 Å². The maximum Gasteiger partial charge on any atom is 0.260 e. The van der Waals surface area contributed by atoms with E-state index in [4.69, 9.17) is 9.47 Å². The molecular formula is C21H20N2O3S. The summed E-state index contributed by atoms with van der Waals surface area (Å²) in [5.41, 5.74) is 3.01. The largest absolute Gasteiger partial charge is 0.486 e. The molecular weight excluding hydrogens is 360 g/mol. The molecule has 0 saturated heterocycles. The lowest BCUT2D eigenvalue weighted by Gasteiger charge is -2.25. The molecule has 6 heteroatoms. The summed E-state index contributed by atoms with van der Waals surface area (Å²) in [4.78, 5) is 20.7. The van der Waals surface area contributed by atoms with Gasteiger partial charge in [-0.05, 0) is 49.6 Å². The molecule has 0 unspecified atom stereocenters. The summed E-state index contributed by atoms with van der Waals surface area (Å²) in [6.07, 6.45) is 0. The molecule has 3 aromatic rings. The van der Waals surface area contributed by atoms with Crippen LogP contribution in [0.15, 0.2) is 47.8 Å². The predicted molar refractivity (Wildman–Crippen MR) is 106 cm³/mol. The van der Waals surface area contributed by atoms with Gasteiger partial charge >= 0.3 is 0 Å². The number of nitrogens with zero attached hydrogens (tertiary/aromatic N) is 2. The Kier molecular flexibility index (Phi) is 4.81. The number of anilines is 1. The van der Waals surface area contributed by atoms with E-state index in [-0.39, 0.29) is 5.91 Å². The van der Waals surface area contributed by atoms with Crippen LogP contribution in [-0.2, 0) is 6.54 Å². The average molecular weight is 380 g/mol. The Bertz CT molecular complexity index is 970. The number of aryl methyl sites for hydroxylation is 2. The number of thiophene rings is 1. The van der Waals surface area contributed by atoms with E-state index < -0.39 is 0 Å². The first-order chi connectivity index (χ1) is 13.1. The summed E-state index contributed by atoms with van der Waals surface area (Å²) >= 11 is 1.63. The highest BCUT2D eigenvalue weighted by atomic mass is 32.1. The van der Waals surface area contributed by atoms with Gasteiger partial charge in [0.15, 0.2) is 11.5 Å². The van der Waals surface area contributed by atoms with Crippen molar-refractivity contribution in [3.05, 3.63) is 69.7 Å². The van der Waals surface area contributed by atoms with Crippen molar-refractivity contribution in [3.63, 3.8) is 0 Å². The van der Waals surface area contributed by atoms with Gasteiger partial charge in [0, 0.05) is 22.3 Å². The molecule has 1 aromatic carbocycles. The van der Waals surface area contributed by atoms with Crippen LogP contribution in [0.4, 0.5) is 5.69 Å². The quantitative estimate of drug-likeness (QED) is 0.674. The number of aromatic nitrogens is 1. The first-order valence-electron chi connectivity index (χ1n) is 8.80. The number of rotatable bonds is 4. The second kappa shape index (κ2) is 7.40. The summed E-state index contributed by atoms with van der Waals surface area (Å²) in [6.45, 7) is 5.33. The average Bonchev–Trinajstić information content (AvgIpc) is 3.18. The summed E-state index contributed by atoms with van der Waals surface area (Å²) in [7, 11) is 0. The van der Waals surface area contributed by atoms with Crippen molar-refractivity contribution in [3.8, 4) is 11.5 Å². The first-order valence-corrected chi connectivity index (χ1v) is 9.68. The normalized spacial score (nSPS) is 12.7. The highest BCUT2D eigenvalue weighted by molar-refractivity contribution is 7.09. The van der Waals surface area contributed by atoms with Gasteiger partial charge in [-0.3, -0.25) is 9.78 Å². The number of ether oxygens (including phenoxy) is 2. The molecule has 1 aliphatic rings. The van der Waals surface area contributed by atoms with Crippen molar-refractivity contribution in [1.82, 2.24) is 4.98 Å². The Balaban J connectivity index is 1.73. The van der Waals surface area contributed by atoms with Gasteiger partial charge in [-0.25, -0.2) is 0 Å². The van der Waals surface area contributed by atoms with Crippen LogP contribution in [0, 0.1) is 13.8 Å². The summed E-state index contributed by atoms with van der Waals surface area (Å²) in [6, 6.07) is 13.4. The van der Waals surface area contributed by atoms with Crippen molar-refractivity contribution in [2.24, 2.45) is 0 Å². The molecule has 27 heavy (non-hydrogen) atoms. The molecule has 5 nitrogen and oxygen atoms in total. The lowest BCUT2D eigenvalue weighted by Crippen LogP contribution is -2.31. The minimum atomic E-state index is -0.0786. The molecule has 138 valence electrons. The maximum absolute atomic E-state index is 13.4. The van der Waals surface area contributed by atoms with E-state index >= 15 is 0 Å². The Morgan fingerprint density at radius 2 is 1.93 bits per heavy atom. The van der Waals surface area contributed by atoms with E-state index in [1.165, 1.54) is 0 Å². The fraction of sp³-hybridized carbons (Fsp3) is 0.238. The molecule has 0 spiro atoms. The van der Waals surface area contributed by atoms with Crippen LogP contribution in [0.2, 0.25) is 0 Å².